The first kappa shape index (κ1) is 17.1. The molecular weight excluding hydrogens is 381 g/mol. The van der Waals surface area contributed by atoms with Gasteiger partial charge in [-0.1, -0.05) is 45.8 Å². The van der Waals surface area contributed by atoms with Gasteiger partial charge in [-0.05, 0) is 37.6 Å². The third kappa shape index (κ3) is 3.13. The van der Waals surface area contributed by atoms with Crippen LogP contribution >= 0.6 is 15.9 Å². The molecule has 5 heteroatoms. The number of rotatable bonds is 2. The Morgan fingerprint density at radius 2 is 1.80 bits per heavy atom. The predicted octanol–water partition coefficient (Wildman–Crippen LogP) is 5.39. The third-order valence-electron chi connectivity index (χ3n) is 4.10. The molecule has 0 aliphatic heterocycles. The minimum absolute atomic E-state index is 0.0954. The minimum Gasteiger partial charge on any atom is -0.383 e. The number of nitriles is 1. The zero-order valence-corrected chi connectivity index (χ0v) is 15.4. The highest BCUT2D eigenvalue weighted by molar-refractivity contribution is 9.10. The summed E-state index contributed by atoms with van der Waals surface area (Å²) in [6.07, 6.45) is 0. The molecule has 2 N–H and O–H groups in total. The maximum atomic E-state index is 14.5. The lowest BCUT2D eigenvalue weighted by Crippen LogP contribution is -2.04. The van der Waals surface area contributed by atoms with E-state index in [0.717, 1.165) is 15.6 Å². The van der Waals surface area contributed by atoms with Crippen molar-refractivity contribution in [2.45, 2.75) is 13.8 Å². The van der Waals surface area contributed by atoms with Crippen molar-refractivity contribution in [2.24, 2.45) is 0 Å². The van der Waals surface area contributed by atoms with Gasteiger partial charge < -0.3 is 5.73 Å². The summed E-state index contributed by atoms with van der Waals surface area (Å²) < 4.78 is 15.2. The summed E-state index contributed by atoms with van der Waals surface area (Å²) in [4.78, 5) is 4.40. The molecule has 0 unspecified atom stereocenters. The summed E-state index contributed by atoms with van der Waals surface area (Å²) in [6.45, 7) is 3.83. The Morgan fingerprint density at radius 1 is 1.12 bits per heavy atom. The van der Waals surface area contributed by atoms with Crippen molar-refractivity contribution in [1.29, 1.82) is 5.26 Å². The van der Waals surface area contributed by atoms with Gasteiger partial charge in [-0.3, -0.25) is 0 Å². The van der Waals surface area contributed by atoms with Crippen molar-refractivity contribution >= 4 is 21.7 Å². The van der Waals surface area contributed by atoms with Crippen LogP contribution in [0.25, 0.3) is 22.4 Å². The maximum absolute atomic E-state index is 14.5. The fourth-order valence-corrected chi connectivity index (χ4v) is 3.19. The molecule has 0 atom stereocenters. The smallest absolute Gasteiger partial charge is 0.142 e. The van der Waals surface area contributed by atoms with E-state index in [1.807, 2.05) is 38.1 Å². The van der Waals surface area contributed by atoms with Crippen LogP contribution in [0.3, 0.4) is 0 Å². The second kappa shape index (κ2) is 6.66. The molecule has 3 aromatic rings. The number of hydrogen-bond donors (Lipinski definition) is 1. The monoisotopic (exact) mass is 395 g/mol. The fraction of sp³-hybridized carbons (Fsp3) is 0.100. The molecule has 0 aliphatic carbocycles. The number of halogens is 2. The van der Waals surface area contributed by atoms with Crippen LogP contribution in [0.2, 0.25) is 0 Å². The number of benzene rings is 2. The summed E-state index contributed by atoms with van der Waals surface area (Å²) >= 11 is 3.36. The molecule has 0 spiro atoms. The summed E-state index contributed by atoms with van der Waals surface area (Å²) in [5, 5.41) is 9.54. The van der Waals surface area contributed by atoms with Gasteiger partial charge in [0.15, 0.2) is 0 Å². The second-order valence-corrected chi connectivity index (χ2v) is 6.74. The lowest BCUT2D eigenvalue weighted by molar-refractivity contribution is 0.631. The molecule has 0 aliphatic rings. The summed E-state index contributed by atoms with van der Waals surface area (Å²) in [5.74, 6) is -0.318. The van der Waals surface area contributed by atoms with E-state index in [9.17, 15) is 9.65 Å². The van der Waals surface area contributed by atoms with E-state index in [1.165, 1.54) is 6.07 Å². The van der Waals surface area contributed by atoms with Gasteiger partial charge in [-0.2, -0.15) is 5.26 Å². The van der Waals surface area contributed by atoms with Gasteiger partial charge in [-0.15, -0.1) is 0 Å². The molecule has 1 aromatic heterocycles. The van der Waals surface area contributed by atoms with E-state index < -0.39 is 5.82 Å². The second-order valence-electron chi connectivity index (χ2n) is 5.82. The Labute approximate surface area is 154 Å². The van der Waals surface area contributed by atoms with Crippen LogP contribution < -0.4 is 5.73 Å². The van der Waals surface area contributed by atoms with Crippen molar-refractivity contribution in [3.63, 3.8) is 0 Å². The van der Waals surface area contributed by atoms with Gasteiger partial charge in [0.1, 0.15) is 23.3 Å². The number of nitrogens with zero attached hydrogens (tertiary/aromatic N) is 2. The SMILES string of the molecule is Cc1ccc(-c2nc(N)c(C#N)c(-c3cc(Br)ccc3F)c2C)cc1. The summed E-state index contributed by atoms with van der Waals surface area (Å²) in [5.41, 5.74) is 10.4. The van der Waals surface area contributed by atoms with Crippen LogP contribution in [0, 0.1) is 31.0 Å². The van der Waals surface area contributed by atoms with E-state index in [2.05, 4.69) is 27.0 Å². The van der Waals surface area contributed by atoms with E-state index in [1.54, 1.807) is 12.1 Å². The first-order valence-corrected chi connectivity index (χ1v) is 8.44. The van der Waals surface area contributed by atoms with Crippen LogP contribution in [0.4, 0.5) is 10.2 Å². The van der Waals surface area contributed by atoms with Gasteiger partial charge in [0.2, 0.25) is 0 Å². The number of nitrogen functional groups attached to an aromatic ring is 1. The molecule has 3 nitrogen and oxygen atoms in total. The normalized spacial score (nSPS) is 10.5. The highest BCUT2D eigenvalue weighted by atomic mass is 79.9. The topological polar surface area (TPSA) is 62.7 Å². The lowest BCUT2D eigenvalue weighted by Gasteiger charge is -2.16. The fourth-order valence-electron chi connectivity index (χ4n) is 2.83. The Kier molecular flexibility index (Phi) is 4.56. The van der Waals surface area contributed by atoms with Gasteiger partial charge in [0, 0.05) is 21.2 Å². The lowest BCUT2D eigenvalue weighted by atomic mass is 9.92. The Balaban J connectivity index is 2.36. The Morgan fingerprint density at radius 3 is 2.44 bits per heavy atom. The largest absolute Gasteiger partial charge is 0.383 e. The van der Waals surface area contributed by atoms with Crippen LogP contribution in [-0.2, 0) is 0 Å². The molecule has 0 amide bonds. The third-order valence-corrected chi connectivity index (χ3v) is 4.60. The molecule has 2 aromatic carbocycles. The number of aromatic nitrogens is 1. The first-order valence-electron chi connectivity index (χ1n) is 7.65. The van der Waals surface area contributed by atoms with Crippen molar-refractivity contribution in [2.75, 3.05) is 5.73 Å². The average molecular weight is 396 g/mol. The quantitative estimate of drug-likeness (QED) is 0.632. The van der Waals surface area contributed by atoms with Crippen LogP contribution in [0.5, 0.6) is 0 Å². The standard InChI is InChI=1S/C20H15BrFN3/c1-11-3-5-13(6-4-11)19-12(2)18(16(10-23)20(24)25-19)15-9-14(21)7-8-17(15)22/h3-9H,1-2H3,(H2,24,25). The van der Waals surface area contributed by atoms with Gasteiger partial charge in [-0.25, -0.2) is 9.37 Å². The van der Waals surface area contributed by atoms with Gasteiger partial charge >= 0.3 is 0 Å². The molecular formula is C20H15BrFN3. The molecule has 0 fully saturated rings. The highest BCUT2D eigenvalue weighted by Gasteiger charge is 2.20. The number of pyridine rings is 1. The molecule has 0 saturated carbocycles. The first-order chi connectivity index (χ1) is 11.9. The molecule has 0 saturated heterocycles. The Bertz CT molecular complexity index is 1000. The van der Waals surface area contributed by atoms with Crippen molar-refractivity contribution in [1.82, 2.24) is 4.98 Å². The molecule has 25 heavy (non-hydrogen) atoms. The number of hydrogen-bond acceptors (Lipinski definition) is 3. The molecule has 0 bridgehead atoms. The van der Waals surface area contributed by atoms with Crippen molar-refractivity contribution < 1.29 is 4.39 Å². The van der Waals surface area contributed by atoms with E-state index in [-0.39, 0.29) is 11.4 Å². The highest BCUT2D eigenvalue weighted by Crippen LogP contribution is 2.37. The van der Waals surface area contributed by atoms with E-state index >= 15 is 0 Å². The number of anilines is 1. The van der Waals surface area contributed by atoms with E-state index in [4.69, 9.17) is 5.73 Å². The maximum Gasteiger partial charge on any atom is 0.142 e. The zero-order chi connectivity index (χ0) is 18.1. The molecule has 124 valence electrons. The van der Waals surface area contributed by atoms with Crippen LogP contribution in [0.1, 0.15) is 16.7 Å². The van der Waals surface area contributed by atoms with Gasteiger partial charge in [0.05, 0.1) is 5.69 Å². The number of aryl methyl sites for hydroxylation is 1. The number of nitrogens with two attached hydrogens (primary N) is 1. The Hall–Kier alpha value is -2.71. The average Bonchev–Trinajstić information content (AvgIpc) is 2.59. The molecule has 1 heterocycles. The summed E-state index contributed by atoms with van der Waals surface area (Å²) in [7, 11) is 0. The van der Waals surface area contributed by atoms with Crippen molar-refractivity contribution in [3.05, 3.63) is 69.4 Å². The van der Waals surface area contributed by atoms with Crippen LogP contribution in [0.15, 0.2) is 46.9 Å². The molecule has 0 radical (unpaired) electrons. The van der Waals surface area contributed by atoms with E-state index in [0.29, 0.717) is 22.4 Å². The zero-order valence-electron chi connectivity index (χ0n) is 13.8. The molecule has 3 rings (SSSR count). The van der Waals surface area contributed by atoms with Gasteiger partial charge in [0.25, 0.3) is 0 Å². The van der Waals surface area contributed by atoms with Crippen LogP contribution in [-0.4, -0.2) is 4.98 Å². The predicted molar refractivity (Wildman–Crippen MR) is 101 cm³/mol. The van der Waals surface area contributed by atoms with Crippen molar-refractivity contribution in [3.8, 4) is 28.5 Å². The minimum atomic E-state index is -0.414. The summed E-state index contributed by atoms with van der Waals surface area (Å²) in [6, 6.07) is 14.5.